The van der Waals surface area contributed by atoms with Gasteiger partial charge in [0, 0.05) is 0 Å². The fraction of sp³-hybridized carbons (Fsp3) is 0.0625. The number of fused-ring (bicyclic) bond motifs is 1. The molecule has 1 aliphatic heterocycles. The van der Waals surface area contributed by atoms with Crippen molar-refractivity contribution in [2.45, 2.75) is 0 Å². The van der Waals surface area contributed by atoms with Crippen LogP contribution in [-0.2, 0) is 4.74 Å². The highest BCUT2D eigenvalue weighted by Gasteiger charge is 2.29. The van der Waals surface area contributed by atoms with E-state index >= 15 is 0 Å². The van der Waals surface area contributed by atoms with E-state index in [4.69, 9.17) is 9.47 Å². The number of rotatable bonds is 2. The molecule has 0 spiro atoms. The van der Waals surface area contributed by atoms with Crippen LogP contribution in [0, 0.1) is 0 Å². The molecule has 0 N–H and O–H groups in total. The summed E-state index contributed by atoms with van der Waals surface area (Å²) in [6.07, 6.45) is 1.84. The summed E-state index contributed by atoms with van der Waals surface area (Å²) in [7, 11) is 1.58. The number of carbonyl (C=O) groups is 1. The SMILES string of the molecule is COc1cccc2c1/C(=C/c1ccccc1)OC2=O. The molecule has 0 bridgehead atoms. The number of carbonyl (C=O) groups excluding carboxylic acids is 1. The van der Waals surface area contributed by atoms with E-state index in [9.17, 15) is 4.79 Å². The van der Waals surface area contributed by atoms with Crippen molar-refractivity contribution in [3.63, 3.8) is 0 Å². The second-order valence-corrected chi connectivity index (χ2v) is 4.19. The van der Waals surface area contributed by atoms with Gasteiger partial charge >= 0.3 is 5.97 Å². The molecule has 0 aromatic heterocycles. The van der Waals surface area contributed by atoms with Gasteiger partial charge in [-0.25, -0.2) is 4.79 Å². The predicted octanol–water partition coefficient (Wildman–Crippen LogP) is 3.36. The standard InChI is InChI=1S/C16H12O3/c1-18-13-9-5-8-12-15(13)14(19-16(12)17)10-11-6-3-2-4-7-11/h2-10H,1H3/b14-10-. The van der Waals surface area contributed by atoms with Crippen LogP contribution < -0.4 is 4.74 Å². The van der Waals surface area contributed by atoms with Gasteiger partial charge in [-0.1, -0.05) is 36.4 Å². The molecule has 2 aromatic rings. The zero-order valence-electron chi connectivity index (χ0n) is 10.4. The maximum Gasteiger partial charge on any atom is 0.344 e. The van der Waals surface area contributed by atoms with Gasteiger partial charge in [0.1, 0.15) is 11.5 Å². The van der Waals surface area contributed by atoms with Crippen molar-refractivity contribution >= 4 is 17.8 Å². The number of esters is 1. The molecule has 0 saturated carbocycles. The summed E-state index contributed by atoms with van der Waals surface area (Å²) in [5.41, 5.74) is 2.24. The zero-order valence-corrected chi connectivity index (χ0v) is 10.4. The average Bonchev–Trinajstić information content (AvgIpc) is 2.77. The van der Waals surface area contributed by atoms with Crippen molar-refractivity contribution in [2.24, 2.45) is 0 Å². The summed E-state index contributed by atoms with van der Waals surface area (Å²) in [6.45, 7) is 0. The molecule has 1 heterocycles. The molecule has 0 radical (unpaired) electrons. The molecule has 0 saturated heterocycles. The first-order valence-electron chi connectivity index (χ1n) is 5.96. The highest BCUT2D eigenvalue weighted by Crippen LogP contribution is 2.37. The van der Waals surface area contributed by atoms with E-state index in [2.05, 4.69) is 0 Å². The van der Waals surface area contributed by atoms with Gasteiger partial charge in [0.15, 0.2) is 0 Å². The Morgan fingerprint density at radius 3 is 2.58 bits per heavy atom. The highest BCUT2D eigenvalue weighted by molar-refractivity contribution is 6.07. The van der Waals surface area contributed by atoms with Crippen molar-refractivity contribution in [1.82, 2.24) is 0 Å². The fourth-order valence-corrected chi connectivity index (χ4v) is 2.13. The molecule has 0 aliphatic carbocycles. The number of methoxy groups -OCH3 is 1. The molecule has 3 nitrogen and oxygen atoms in total. The monoisotopic (exact) mass is 252 g/mol. The molecule has 0 fully saturated rings. The third-order valence-corrected chi connectivity index (χ3v) is 3.01. The summed E-state index contributed by atoms with van der Waals surface area (Å²) < 4.78 is 10.6. The van der Waals surface area contributed by atoms with Crippen LogP contribution in [0.5, 0.6) is 5.75 Å². The van der Waals surface area contributed by atoms with E-state index in [1.54, 1.807) is 19.2 Å². The molecule has 3 heteroatoms. The Labute approximate surface area is 111 Å². The lowest BCUT2D eigenvalue weighted by Gasteiger charge is -2.05. The van der Waals surface area contributed by atoms with Crippen LogP contribution in [0.2, 0.25) is 0 Å². The summed E-state index contributed by atoms with van der Waals surface area (Å²) >= 11 is 0. The van der Waals surface area contributed by atoms with Crippen molar-refractivity contribution in [3.8, 4) is 5.75 Å². The molecular weight excluding hydrogens is 240 g/mol. The van der Waals surface area contributed by atoms with Gasteiger partial charge in [-0.3, -0.25) is 0 Å². The van der Waals surface area contributed by atoms with Gasteiger partial charge in [0.25, 0.3) is 0 Å². The number of ether oxygens (including phenoxy) is 2. The first-order chi connectivity index (χ1) is 9.29. The van der Waals surface area contributed by atoms with E-state index in [1.807, 2.05) is 42.5 Å². The van der Waals surface area contributed by atoms with Crippen LogP contribution in [0.4, 0.5) is 0 Å². The van der Waals surface area contributed by atoms with Crippen LogP contribution in [0.15, 0.2) is 48.5 Å². The smallest absolute Gasteiger partial charge is 0.344 e. The van der Waals surface area contributed by atoms with Gasteiger partial charge in [-0.2, -0.15) is 0 Å². The molecule has 0 amide bonds. The van der Waals surface area contributed by atoms with Crippen LogP contribution in [-0.4, -0.2) is 13.1 Å². The third kappa shape index (κ3) is 1.99. The predicted molar refractivity (Wildman–Crippen MR) is 72.7 cm³/mol. The maximum absolute atomic E-state index is 11.8. The topological polar surface area (TPSA) is 35.5 Å². The minimum Gasteiger partial charge on any atom is -0.496 e. The summed E-state index contributed by atoms with van der Waals surface area (Å²) in [6, 6.07) is 15.1. The van der Waals surface area contributed by atoms with Gasteiger partial charge in [-0.05, 0) is 23.8 Å². The largest absolute Gasteiger partial charge is 0.496 e. The Bertz CT molecular complexity index is 657. The van der Waals surface area contributed by atoms with Gasteiger partial charge in [0.2, 0.25) is 0 Å². The molecule has 1 aliphatic rings. The van der Waals surface area contributed by atoms with E-state index in [0.29, 0.717) is 17.1 Å². The summed E-state index contributed by atoms with van der Waals surface area (Å²) in [5, 5.41) is 0. The lowest BCUT2D eigenvalue weighted by molar-refractivity contribution is 0.0717. The Morgan fingerprint density at radius 1 is 1.05 bits per heavy atom. The van der Waals surface area contributed by atoms with E-state index in [-0.39, 0.29) is 5.97 Å². The summed E-state index contributed by atoms with van der Waals surface area (Å²) in [5.74, 6) is 0.838. The Kier molecular flexibility index (Phi) is 2.80. The normalized spacial score (nSPS) is 15.2. The second-order valence-electron chi connectivity index (χ2n) is 4.19. The Morgan fingerprint density at radius 2 is 1.84 bits per heavy atom. The average molecular weight is 252 g/mol. The third-order valence-electron chi connectivity index (χ3n) is 3.01. The molecule has 94 valence electrons. The number of hydrogen-bond donors (Lipinski definition) is 0. The first kappa shape index (κ1) is 11.5. The van der Waals surface area contributed by atoms with E-state index in [0.717, 1.165) is 11.1 Å². The summed E-state index contributed by atoms with van der Waals surface area (Å²) in [4.78, 5) is 11.8. The van der Waals surface area contributed by atoms with Crippen molar-refractivity contribution in [3.05, 3.63) is 65.2 Å². The number of hydrogen-bond acceptors (Lipinski definition) is 3. The van der Waals surface area contributed by atoms with Crippen LogP contribution in [0.1, 0.15) is 21.5 Å². The molecule has 3 rings (SSSR count). The lowest BCUT2D eigenvalue weighted by Crippen LogP contribution is -1.93. The Balaban J connectivity index is 2.14. The highest BCUT2D eigenvalue weighted by atomic mass is 16.5. The Hall–Kier alpha value is -2.55. The number of cyclic esters (lactones) is 1. The van der Waals surface area contributed by atoms with Gasteiger partial charge < -0.3 is 9.47 Å². The minimum atomic E-state index is -0.337. The van der Waals surface area contributed by atoms with Crippen LogP contribution >= 0.6 is 0 Å². The number of benzene rings is 2. The lowest BCUT2D eigenvalue weighted by atomic mass is 10.1. The van der Waals surface area contributed by atoms with Gasteiger partial charge in [0.05, 0.1) is 18.2 Å². The molecule has 2 aromatic carbocycles. The van der Waals surface area contributed by atoms with Gasteiger partial charge in [-0.15, -0.1) is 0 Å². The quantitative estimate of drug-likeness (QED) is 0.769. The van der Waals surface area contributed by atoms with Crippen LogP contribution in [0.25, 0.3) is 11.8 Å². The van der Waals surface area contributed by atoms with Crippen molar-refractivity contribution < 1.29 is 14.3 Å². The maximum atomic E-state index is 11.8. The van der Waals surface area contributed by atoms with Crippen molar-refractivity contribution in [2.75, 3.05) is 7.11 Å². The van der Waals surface area contributed by atoms with Crippen LogP contribution in [0.3, 0.4) is 0 Å². The molecule has 0 atom stereocenters. The first-order valence-corrected chi connectivity index (χ1v) is 5.96. The van der Waals surface area contributed by atoms with Crippen molar-refractivity contribution in [1.29, 1.82) is 0 Å². The van der Waals surface area contributed by atoms with E-state index in [1.165, 1.54) is 0 Å². The molecule has 0 unspecified atom stereocenters. The molecular formula is C16H12O3. The van der Waals surface area contributed by atoms with E-state index < -0.39 is 0 Å². The zero-order chi connectivity index (χ0) is 13.2. The fourth-order valence-electron chi connectivity index (χ4n) is 2.13. The second kappa shape index (κ2) is 4.61. The minimum absolute atomic E-state index is 0.337. The molecule has 19 heavy (non-hydrogen) atoms.